The van der Waals surface area contributed by atoms with E-state index in [9.17, 15) is 19.2 Å². The molecule has 2 amide bonds. The summed E-state index contributed by atoms with van der Waals surface area (Å²) in [5.74, 6) is -1.57. The van der Waals surface area contributed by atoms with Crippen molar-refractivity contribution in [3.8, 4) is 0 Å². The first-order valence-electron chi connectivity index (χ1n) is 10.3. The fourth-order valence-electron chi connectivity index (χ4n) is 3.23. The molecule has 0 saturated heterocycles. The number of esters is 1. The van der Waals surface area contributed by atoms with E-state index in [0.717, 1.165) is 12.8 Å². The second-order valence-electron chi connectivity index (χ2n) is 7.47. The van der Waals surface area contributed by atoms with Gasteiger partial charge in [0.05, 0.1) is 5.39 Å². The normalized spacial score (nSPS) is 12.9. The van der Waals surface area contributed by atoms with Gasteiger partial charge in [0, 0.05) is 29.2 Å². The van der Waals surface area contributed by atoms with Gasteiger partial charge >= 0.3 is 5.97 Å². The summed E-state index contributed by atoms with van der Waals surface area (Å²) >= 11 is 0. The third-order valence-electron chi connectivity index (χ3n) is 5.02. The molecule has 2 aromatic carbocycles. The Labute approximate surface area is 183 Å². The lowest BCUT2D eigenvalue weighted by Gasteiger charge is -2.10. The molecule has 0 aliphatic heterocycles. The number of rotatable bonds is 7. The van der Waals surface area contributed by atoms with Crippen LogP contribution < -0.4 is 16.2 Å². The summed E-state index contributed by atoms with van der Waals surface area (Å²) in [6.45, 7) is 1.48. The molecule has 164 valence electrons. The average molecular weight is 434 g/mol. The van der Waals surface area contributed by atoms with Gasteiger partial charge in [-0.25, -0.2) is 9.48 Å². The van der Waals surface area contributed by atoms with Gasteiger partial charge in [0.15, 0.2) is 12.3 Å². The van der Waals surface area contributed by atoms with E-state index < -0.39 is 18.5 Å². The number of hydrogen-bond donors (Lipinski definition) is 2. The van der Waals surface area contributed by atoms with Gasteiger partial charge in [0.2, 0.25) is 0 Å². The number of ether oxygens (including phenoxy) is 1. The number of carbonyl (C=O) groups is 3. The lowest BCUT2D eigenvalue weighted by molar-refractivity contribution is -0.119. The maximum atomic E-state index is 12.6. The van der Waals surface area contributed by atoms with Gasteiger partial charge in [-0.2, -0.15) is 5.10 Å². The van der Waals surface area contributed by atoms with E-state index in [4.69, 9.17) is 4.74 Å². The highest BCUT2D eigenvalue weighted by atomic mass is 16.5. The molecule has 1 aliphatic rings. The van der Waals surface area contributed by atoms with Crippen LogP contribution in [0.5, 0.6) is 0 Å². The molecule has 0 spiro atoms. The van der Waals surface area contributed by atoms with Crippen molar-refractivity contribution < 1.29 is 19.1 Å². The smallest absolute Gasteiger partial charge is 0.359 e. The van der Waals surface area contributed by atoms with Gasteiger partial charge in [-0.05, 0) is 44.0 Å². The SMILES string of the molecule is CCn1nc(C(=O)OCC(=O)Nc2cccc(C(=O)NC3CC3)c2)c2ccccc2c1=O. The molecular formula is C23H22N4O5. The van der Waals surface area contributed by atoms with E-state index in [1.807, 2.05) is 0 Å². The maximum absolute atomic E-state index is 12.6. The molecule has 1 heterocycles. The molecule has 1 aliphatic carbocycles. The molecule has 0 bridgehead atoms. The van der Waals surface area contributed by atoms with Crippen molar-refractivity contribution in [2.45, 2.75) is 32.4 Å². The minimum Gasteiger partial charge on any atom is -0.451 e. The van der Waals surface area contributed by atoms with Crippen LogP contribution in [0.25, 0.3) is 10.8 Å². The lowest BCUT2D eigenvalue weighted by Crippen LogP contribution is -2.27. The number of benzene rings is 2. The van der Waals surface area contributed by atoms with Gasteiger partial charge in [-0.3, -0.25) is 14.4 Å². The highest BCUT2D eigenvalue weighted by Crippen LogP contribution is 2.20. The summed E-state index contributed by atoms with van der Waals surface area (Å²) in [5, 5.41) is 10.3. The monoisotopic (exact) mass is 434 g/mol. The number of carbonyl (C=O) groups excluding carboxylic acids is 3. The summed E-state index contributed by atoms with van der Waals surface area (Å²) in [6, 6.07) is 13.4. The van der Waals surface area contributed by atoms with E-state index in [2.05, 4.69) is 15.7 Å². The quantitative estimate of drug-likeness (QED) is 0.550. The molecule has 32 heavy (non-hydrogen) atoms. The molecule has 0 atom stereocenters. The first-order chi connectivity index (χ1) is 15.5. The number of hydrogen-bond acceptors (Lipinski definition) is 6. The predicted octanol–water partition coefficient (Wildman–Crippen LogP) is 2.10. The standard InChI is InChI=1S/C23H22N4O5/c1-2-27-22(30)18-9-4-3-8-17(18)20(26-27)23(31)32-13-19(28)24-16-7-5-6-14(12-16)21(29)25-15-10-11-15/h3-9,12,15H,2,10-11,13H2,1H3,(H,24,28)(H,25,29). The van der Waals surface area contributed by atoms with Crippen LogP contribution in [0.2, 0.25) is 0 Å². The van der Waals surface area contributed by atoms with Crippen LogP contribution in [0.3, 0.4) is 0 Å². The van der Waals surface area contributed by atoms with Crippen molar-refractivity contribution in [2.75, 3.05) is 11.9 Å². The molecule has 1 saturated carbocycles. The van der Waals surface area contributed by atoms with Gasteiger partial charge in [0.1, 0.15) is 0 Å². The highest BCUT2D eigenvalue weighted by molar-refractivity contribution is 6.03. The van der Waals surface area contributed by atoms with Gasteiger partial charge in [0.25, 0.3) is 17.4 Å². The van der Waals surface area contributed by atoms with E-state index in [1.165, 1.54) is 4.68 Å². The molecule has 2 N–H and O–H groups in total. The second kappa shape index (κ2) is 9.01. The van der Waals surface area contributed by atoms with Crippen molar-refractivity contribution >= 4 is 34.2 Å². The number of fused-ring (bicyclic) bond motifs is 1. The Bertz CT molecular complexity index is 1260. The first-order valence-corrected chi connectivity index (χ1v) is 10.3. The Balaban J connectivity index is 1.42. The Morgan fingerprint density at radius 1 is 1.09 bits per heavy atom. The third-order valence-corrected chi connectivity index (χ3v) is 5.02. The van der Waals surface area contributed by atoms with Crippen LogP contribution in [0, 0.1) is 0 Å². The third kappa shape index (κ3) is 4.66. The number of amides is 2. The summed E-state index contributed by atoms with van der Waals surface area (Å²) in [4.78, 5) is 49.5. The van der Waals surface area contributed by atoms with Crippen molar-refractivity contribution in [1.82, 2.24) is 15.1 Å². The van der Waals surface area contributed by atoms with Crippen LogP contribution in [-0.4, -0.2) is 40.2 Å². The predicted molar refractivity (Wildman–Crippen MR) is 118 cm³/mol. The molecule has 9 heteroatoms. The average Bonchev–Trinajstić information content (AvgIpc) is 3.62. The molecule has 1 fully saturated rings. The van der Waals surface area contributed by atoms with Gasteiger partial charge in [-0.1, -0.05) is 24.3 Å². The van der Waals surface area contributed by atoms with Crippen LogP contribution in [0.15, 0.2) is 53.3 Å². The van der Waals surface area contributed by atoms with E-state index >= 15 is 0 Å². The Morgan fingerprint density at radius 2 is 1.84 bits per heavy atom. The topological polar surface area (TPSA) is 119 Å². The fourth-order valence-corrected chi connectivity index (χ4v) is 3.23. The zero-order valence-corrected chi connectivity index (χ0v) is 17.5. The highest BCUT2D eigenvalue weighted by Gasteiger charge is 2.24. The van der Waals surface area contributed by atoms with Crippen LogP contribution in [0.1, 0.15) is 40.6 Å². The number of aromatic nitrogens is 2. The Morgan fingerprint density at radius 3 is 2.56 bits per heavy atom. The molecular weight excluding hydrogens is 412 g/mol. The largest absolute Gasteiger partial charge is 0.451 e. The van der Waals surface area contributed by atoms with Crippen molar-refractivity contribution in [2.24, 2.45) is 0 Å². The molecule has 0 radical (unpaired) electrons. The summed E-state index contributed by atoms with van der Waals surface area (Å²) in [6.07, 6.45) is 1.96. The number of nitrogens with one attached hydrogen (secondary N) is 2. The number of aryl methyl sites for hydroxylation is 1. The zero-order valence-electron chi connectivity index (χ0n) is 17.5. The van der Waals surface area contributed by atoms with Gasteiger partial charge in [-0.15, -0.1) is 0 Å². The van der Waals surface area contributed by atoms with Crippen molar-refractivity contribution in [3.05, 3.63) is 70.1 Å². The Hall–Kier alpha value is -4.01. The number of anilines is 1. The summed E-state index contributed by atoms with van der Waals surface area (Å²) in [5.41, 5.74) is 0.512. The van der Waals surface area contributed by atoms with Crippen LogP contribution in [0.4, 0.5) is 5.69 Å². The lowest BCUT2D eigenvalue weighted by atomic mass is 10.1. The van der Waals surface area contributed by atoms with E-state index in [0.29, 0.717) is 22.0 Å². The molecule has 3 aromatic rings. The first kappa shape index (κ1) is 21.2. The minimum atomic E-state index is -0.809. The Kier molecular flexibility index (Phi) is 5.98. The van der Waals surface area contributed by atoms with E-state index in [-0.39, 0.29) is 29.7 Å². The maximum Gasteiger partial charge on any atom is 0.359 e. The molecule has 4 rings (SSSR count). The van der Waals surface area contributed by atoms with Crippen molar-refractivity contribution in [1.29, 1.82) is 0 Å². The van der Waals surface area contributed by atoms with Crippen molar-refractivity contribution in [3.63, 3.8) is 0 Å². The van der Waals surface area contributed by atoms with E-state index in [1.54, 1.807) is 55.5 Å². The molecule has 1 aromatic heterocycles. The second-order valence-corrected chi connectivity index (χ2v) is 7.47. The zero-order chi connectivity index (χ0) is 22.7. The summed E-state index contributed by atoms with van der Waals surface area (Å²) in [7, 11) is 0. The molecule has 9 nitrogen and oxygen atoms in total. The van der Waals surface area contributed by atoms with Crippen LogP contribution in [-0.2, 0) is 16.1 Å². The van der Waals surface area contributed by atoms with Crippen LogP contribution >= 0.6 is 0 Å². The van der Waals surface area contributed by atoms with Gasteiger partial charge < -0.3 is 15.4 Å². The fraction of sp³-hybridized carbons (Fsp3) is 0.261. The summed E-state index contributed by atoms with van der Waals surface area (Å²) < 4.78 is 6.32. The minimum absolute atomic E-state index is 0.0337. The molecule has 0 unspecified atom stereocenters. The number of nitrogens with zero attached hydrogens (tertiary/aromatic N) is 2.